The molecule has 0 aliphatic heterocycles. The Morgan fingerprint density at radius 1 is 1.29 bits per heavy atom. The summed E-state index contributed by atoms with van der Waals surface area (Å²) in [4.78, 5) is 0.172. The Balaban J connectivity index is 2.23. The molecule has 0 bridgehead atoms. The van der Waals surface area contributed by atoms with Crippen LogP contribution in [0.4, 0.5) is 0 Å². The molecule has 0 aliphatic rings. The van der Waals surface area contributed by atoms with Crippen LogP contribution in [-0.4, -0.2) is 29.4 Å². The number of aromatic nitrogens is 1. The van der Waals surface area contributed by atoms with Crippen molar-refractivity contribution >= 4 is 21.6 Å². The molecule has 0 unspecified atom stereocenters. The molecule has 7 heteroatoms. The maximum absolute atomic E-state index is 12.5. The van der Waals surface area contributed by atoms with Gasteiger partial charge in [-0.1, -0.05) is 23.7 Å². The molecule has 0 radical (unpaired) electrons. The van der Waals surface area contributed by atoms with Crippen LogP contribution in [0.5, 0.6) is 0 Å². The summed E-state index contributed by atoms with van der Waals surface area (Å²) in [6.07, 6.45) is 1.50. The van der Waals surface area contributed by atoms with Gasteiger partial charge in [0.15, 0.2) is 0 Å². The monoisotopic (exact) mass is 328 g/mol. The minimum absolute atomic E-state index is 0.172. The van der Waals surface area contributed by atoms with E-state index in [0.717, 1.165) is 5.56 Å². The van der Waals surface area contributed by atoms with Crippen LogP contribution in [0.25, 0.3) is 0 Å². The molecule has 1 N–H and O–H groups in total. The number of hydrogen-bond donors (Lipinski definition) is 1. The zero-order valence-corrected chi connectivity index (χ0v) is 13.4. The molecule has 0 amide bonds. The SMILES string of the molecule is CN(Cc1ccc(Cl)cc1)S(=O)(=O)c1cc(CO)n(C)c1. The lowest BCUT2D eigenvalue weighted by molar-refractivity contribution is 0.272. The molecule has 0 spiro atoms. The fraction of sp³-hybridized carbons (Fsp3) is 0.286. The van der Waals surface area contributed by atoms with Gasteiger partial charge in [-0.3, -0.25) is 0 Å². The van der Waals surface area contributed by atoms with Crippen molar-refractivity contribution in [1.29, 1.82) is 0 Å². The third-order valence-electron chi connectivity index (χ3n) is 3.27. The van der Waals surface area contributed by atoms with Crippen molar-refractivity contribution in [2.75, 3.05) is 7.05 Å². The summed E-state index contributed by atoms with van der Waals surface area (Å²) in [7, 11) is -0.369. The number of rotatable bonds is 5. The fourth-order valence-electron chi connectivity index (χ4n) is 1.99. The van der Waals surface area contributed by atoms with Crippen molar-refractivity contribution in [3.05, 3.63) is 52.8 Å². The minimum Gasteiger partial charge on any atom is -0.390 e. The molecule has 0 saturated carbocycles. The Labute approximate surface area is 129 Å². The number of aliphatic hydroxyl groups excluding tert-OH is 1. The van der Waals surface area contributed by atoms with Crippen molar-refractivity contribution in [2.24, 2.45) is 7.05 Å². The van der Waals surface area contributed by atoms with E-state index in [1.165, 1.54) is 23.6 Å². The smallest absolute Gasteiger partial charge is 0.244 e. The number of sulfonamides is 1. The van der Waals surface area contributed by atoms with Crippen LogP contribution in [0, 0.1) is 0 Å². The van der Waals surface area contributed by atoms with Gasteiger partial charge in [0.2, 0.25) is 10.0 Å². The second kappa shape index (κ2) is 6.19. The number of nitrogens with zero attached hydrogens (tertiary/aromatic N) is 2. The van der Waals surface area contributed by atoms with Crippen LogP contribution < -0.4 is 0 Å². The normalized spacial score (nSPS) is 12.0. The first-order chi connectivity index (χ1) is 9.84. The maximum Gasteiger partial charge on any atom is 0.244 e. The standard InChI is InChI=1S/C14H17ClN2O3S/c1-16-9-14(7-13(16)10-18)21(19,20)17(2)8-11-3-5-12(15)6-4-11/h3-7,9,18H,8,10H2,1-2H3. The molecule has 1 heterocycles. The van der Waals surface area contributed by atoms with Crippen molar-refractivity contribution in [3.8, 4) is 0 Å². The lowest BCUT2D eigenvalue weighted by atomic mass is 10.2. The molecule has 21 heavy (non-hydrogen) atoms. The van der Waals surface area contributed by atoms with Crippen LogP contribution in [0.15, 0.2) is 41.4 Å². The van der Waals surface area contributed by atoms with E-state index < -0.39 is 10.0 Å². The molecule has 0 aliphatic carbocycles. The quantitative estimate of drug-likeness (QED) is 0.913. The third-order valence-corrected chi connectivity index (χ3v) is 5.29. The molecular formula is C14H17ClN2O3S. The highest BCUT2D eigenvalue weighted by Crippen LogP contribution is 2.20. The summed E-state index contributed by atoms with van der Waals surface area (Å²) in [5.74, 6) is 0. The summed E-state index contributed by atoms with van der Waals surface area (Å²) in [5.41, 5.74) is 1.40. The predicted octanol–water partition coefficient (Wildman–Crippen LogP) is 1.99. The van der Waals surface area contributed by atoms with Gasteiger partial charge in [-0.05, 0) is 23.8 Å². The molecule has 2 rings (SSSR count). The summed E-state index contributed by atoms with van der Waals surface area (Å²) in [6, 6.07) is 8.51. The summed E-state index contributed by atoms with van der Waals surface area (Å²) in [6.45, 7) is 0.0514. The molecule has 0 atom stereocenters. The van der Waals surface area contributed by atoms with E-state index in [1.54, 1.807) is 35.9 Å². The van der Waals surface area contributed by atoms with Crippen molar-refractivity contribution < 1.29 is 13.5 Å². The summed E-state index contributed by atoms with van der Waals surface area (Å²) in [5, 5.41) is 9.77. The molecule has 0 fully saturated rings. The first kappa shape index (κ1) is 16.0. The molecule has 0 saturated heterocycles. The number of benzene rings is 1. The molecule has 114 valence electrons. The molecule has 5 nitrogen and oxygen atoms in total. The van der Waals surface area contributed by atoms with E-state index >= 15 is 0 Å². The van der Waals surface area contributed by atoms with Crippen LogP contribution in [-0.2, 0) is 30.2 Å². The summed E-state index contributed by atoms with van der Waals surface area (Å²) >= 11 is 5.81. The van der Waals surface area contributed by atoms with Crippen molar-refractivity contribution in [1.82, 2.24) is 8.87 Å². The first-order valence-electron chi connectivity index (χ1n) is 6.31. The third kappa shape index (κ3) is 3.47. The molecule has 1 aromatic heterocycles. The van der Waals surface area contributed by atoms with Crippen LogP contribution in [0.1, 0.15) is 11.3 Å². The summed E-state index contributed by atoms with van der Waals surface area (Å²) < 4.78 is 27.9. The molecule has 1 aromatic carbocycles. The first-order valence-corrected chi connectivity index (χ1v) is 8.13. The van der Waals surface area contributed by atoms with E-state index in [4.69, 9.17) is 16.7 Å². The predicted molar refractivity (Wildman–Crippen MR) is 81.4 cm³/mol. The maximum atomic E-state index is 12.5. The Hall–Kier alpha value is -1.34. The Morgan fingerprint density at radius 2 is 1.90 bits per heavy atom. The Bertz CT molecular complexity index is 723. The fourth-order valence-corrected chi connectivity index (χ4v) is 3.37. The Kier molecular flexibility index (Phi) is 4.73. The topological polar surface area (TPSA) is 62.5 Å². The van der Waals surface area contributed by atoms with E-state index in [1.807, 2.05) is 0 Å². The van der Waals surface area contributed by atoms with Gasteiger partial charge >= 0.3 is 0 Å². The van der Waals surface area contributed by atoms with E-state index in [-0.39, 0.29) is 18.0 Å². The largest absolute Gasteiger partial charge is 0.390 e. The van der Waals surface area contributed by atoms with Gasteiger partial charge in [0.25, 0.3) is 0 Å². The van der Waals surface area contributed by atoms with Gasteiger partial charge in [-0.2, -0.15) is 4.31 Å². The molecular weight excluding hydrogens is 312 g/mol. The van der Waals surface area contributed by atoms with Gasteiger partial charge in [-0.25, -0.2) is 8.42 Å². The van der Waals surface area contributed by atoms with Crippen molar-refractivity contribution in [3.63, 3.8) is 0 Å². The number of hydrogen-bond acceptors (Lipinski definition) is 3. The van der Waals surface area contributed by atoms with Crippen LogP contribution in [0.2, 0.25) is 5.02 Å². The highest BCUT2D eigenvalue weighted by atomic mass is 35.5. The van der Waals surface area contributed by atoms with Crippen LogP contribution in [0.3, 0.4) is 0 Å². The zero-order valence-electron chi connectivity index (χ0n) is 11.8. The Morgan fingerprint density at radius 3 is 2.43 bits per heavy atom. The number of aliphatic hydroxyl groups is 1. The zero-order chi connectivity index (χ0) is 15.6. The van der Waals surface area contributed by atoms with E-state index in [2.05, 4.69) is 0 Å². The van der Waals surface area contributed by atoms with Crippen LogP contribution >= 0.6 is 11.6 Å². The van der Waals surface area contributed by atoms with Gasteiger partial charge < -0.3 is 9.67 Å². The highest BCUT2D eigenvalue weighted by Gasteiger charge is 2.23. The second-order valence-electron chi connectivity index (χ2n) is 4.82. The van der Waals surface area contributed by atoms with E-state index in [9.17, 15) is 8.42 Å². The number of aryl methyl sites for hydroxylation is 1. The highest BCUT2D eigenvalue weighted by molar-refractivity contribution is 7.89. The second-order valence-corrected chi connectivity index (χ2v) is 7.31. The van der Waals surface area contributed by atoms with Gasteiger partial charge in [0.05, 0.1) is 6.61 Å². The average Bonchev–Trinajstić information content (AvgIpc) is 2.83. The van der Waals surface area contributed by atoms with Gasteiger partial charge in [0, 0.05) is 37.6 Å². The van der Waals surface area contributed by atoms with Gasteiger partial charge in [-0.15, -0.1) is 0 Å². The minimum atomic E-state index is -3.59. The number of halogens is 1. The lowest BCUT2D eigenvalue weighted by Crippen LogP contribution is -2.26. The average molecular weight is 329 g/mol. The van der Waals surface area contributed by atoms with E-state index in [0.29, 0.717) is 10.7 Å². The van der Waals surface area contributed by atoms with Crippen molar-refractivity contribution in [2.45, 2.75) is 18.0 Å². The van der Waals surface area contributed by atoms with Gasteiger partial charge in [0.1, 0.15) is 4.90 Å². The molecule has 2 aromatic rings. The lowest BCUT2D eigenvalue weighted by Gasteiger charge is -2.16.